The molecule has 136 valence electrons. The summed E-state index contributed by atoms with van der Waals surface area (Å²) >= 11 is 0. The van der Waals surface area contributed by atoms with Gasteiger partial charge < -0.3 is 15.5 Å². The van der Waals surface area contributed by atoms with Crippen LogP contribution in [0, 0.1) is 11.8 Å². The normalized spacial score (nSPS) is 12.5. The van der Waals surface area contributed by atoms with Crippen molar-refractivity contribution in [3.8, 4) is 0 Å². The molecule has 0 fully saturated rings. The Labute approximate surface area is 148 Å². The zero-order chi connectivity index (χ0) is 18.4. The van der Waals surface area contributed by atoms with Crippen LogP contribution in [0.5, 0.6) is 0 Å². The van der Waals surface area contributed by atoms with Crippen LogP contribution in [0.3, 0.4) is 0 Å². The van der Waals surface area contributed by atoms with E-state index in [-0.39, 0.29) is 17.9 Å². The Hall–Kier alpha value is -1.71. The van der Waals surface area contributed by atoms with Crippen LogP contribution < -0.4 is 10.6 Å². The number of amides is 1. The van der Waals surface area contributed by atoms with Gasteiger partial charge in [0.25, 0.3) is 0 Å². The average Bonchev–Trinajstić information content (AvgIpc) is 2.52. The molecular formula is C20H35N3O. The van der Waals surface area contributed by atoms with E-state index in [0.717, 1.165) is 29.8 Å². The molecule has 0 aliphatic carbocycles. The fraction of sp³-hybridized carbons (Fsp3) is 0.650. The van der Waals surface area contributed by atoms with Crippen LogP contribution in [0.25, 0.3) is 0 Å². The number of nitrogen functional groups attached to an aromatic ring is 1. The Morgan fingerprint density at radius 2 is 1.71 bits per heavy atom. The van der Waals surface area contributed by atoms with Crippen molar-refractivity contribution in [2.24, 2.45) is 11.8 Å². The summed E-state index contributed by atoms with van der Waals surface area (Å²) in [5.74, 6) is 0.760. The van der Waals surface area contributed by atoms with Crippen LogP contribution >= 0.6 is 0 Å². The quantitative estimate of drug-likeness (QED) is 0.727. The first kappa shape index (κ1) is 20.3. The van der Waals surface area contributed by atoms with Gasteiger partial charge in [0.2, 0.25) is 5.91 Å². The molecule has 2 N–H and O–H groups in total. The third-order valence-corrected chi connectivity index (χ3v) is 5.00. The number of nitrogens with zero attached hydrogens (tertiary/aromatic N) is 2. The minimum absolute atomic E-state index is 0.0927. The third kappa shape index (κ3) is 4.89. The van der Waals surface area contributed by atoms with Gasteiger partial charge in [0.15, 0.2) is 0 Å². The van der Waals surface area contributed by atoms with E-state index in [2.05, 4.69) is 39.5 Å². The molecule has 0 bridgehead atoms. The molecule has 0 unspecified atom stereocenters. The number of carbonyl (C=O) groups excluding carboxylic acids is 1. The summed E-state index contributed by atoms with van der Waals surface area (Å²) in [7, 11) is 4.04. The fourth-order valence-electron chi connectivity index (χ4n) is 3.01. The van der Waals surface area contributed by atoms with Crippen LogP contribution in [0.2, 0.25) is 0 Å². The summed E-state index contributed by atoms with van der Waals surface area (Å²) in [6.45, 7) is 11.3. The van der Waals surface area contributed by atoms with E-state index in [1.807, 2.05) is 37.2 Å². The molecule has 0 saturated heterocycles. The average molecular weight is 334 g/mol. The van der Waals surface area contributed by atoms with Gasteiger partial charge in [-0.2, -0.15) is 0 Å². The molecule has 0 spiro atoms. The summed E-state index contributed by atoms with van der Waals surface area (Å²) < 4.78 is 0. The zero-order valence-electron chi connectivity index (χ0n) is 16.5. The Morgan fingerprint density at radius 1 is 1.12 bits per heavy atom. The monoisotopic (exact) mass is 333 g/mol. The Kier molecular flexibility index (Phi) is 7.59. The second kappa shape index (κ2) is 8.95. The van der Waals surface area contributed by atoms with Gasteiger partial charge in [0.05, 0.1) is 0 Å². The first-order chi connectivity index (χ1) is 11.2. The van der Waals surface area contributed by atoms with Gasteiger partial charge in [0, 0.05) is 44.0 Å². The van der Waals surface area contributed by atoms with Gasteiger partial charge in [-0.15, -0.1) is 0 Å². The predicted octanol–water partition coefficient (Wildman–Crippen LogP) is 4.14. The molecule has 0 aromatic heterocycles. The van der Waals surface area contributed by atoms with Crippen LogP contribution in [0.15, 0.2) is 18.2 Å². The first-order valence-electron chi connectivity index (χ1n) is 9.09. The van der Waals surface area contributed by atoms with Gasteiger partial charge in [-0.3, -0.25) is 4.79 Å². The SMILES string of the molecule is CCC(CC)C(=O)N(Cc1cc(N)ccc1N(C)C)[C@H](C)C(C)C. The maximum absolute atomic E-state index is 13.1. The fourth-order valence-corrected chi connectivity index (χ4v) is 3.01. The topological polar surface area (TPSA) is 49.6 Å². The second-order valence-electron chi connectivity index (χ2n) is 7.25. The van der Waals surface area contributed by atoms with Crippen molar-refractivity contribution in [1.29, 1.82) is 0 Å². The largest absolute Gasteiger partial charge is 0.399 e. The molecule has 1 amide bonds. The number of nitrogens with two attached hydrogens (primary N) is 1. The summed E-state index contributed by atoms with van der Waals surface area (Å²) in [6, 6.07) is 6.13. The maximum Gasteiger partial charge on any atom is 0.226 e. The van der Waals surface area contributed by atoms with E-state index in [0.29, 0.717) is 12.5 Å². The van der Waals surface area contributed by atoms with Crippen LogP contribution in [-0.4, -0.2) is 30.9 Å². The highest BCUT2D eigenvalue weighted by Gasteiger charge is 2.28. The molecule has 1 aromatic carbocycles. The molecule has 4 heteroatoms. The van der Waals surface area contributed by atoms with Gasteiger partial charge in [-0.25, -0.2) is 0 Å². The summed E-state index contributed by atoms with van der Waals surface area (Å²) in [5.41, 5.74) is 8.96. The molecule has 1 atom stereocenters. The lowest BCUT2D eigenvalue weighted by molar-refractivity contribution is -0.139. The molecule has 1 rings (SSSR count). The number of hydrogen-bond acceptors (Lipinski definition) is 3. The first-order valence-corrected chi connectivity index (χ1v) is 9.09. The van der Waals surface area contributed by atoms with E-state index >= 15 is 0 Å². The van der Waals surface area contributed by atoms with Crippen LogP contribution in [-0.2, 0) is 11.3 Å². The third-order valence-electron chi connectivity index (χ3n) is 5.00. The van der Waals surface area contributed by atoms with Gasteiger partial charge in [-0.1, -0.05) is 27.7 Å². The van der Waals surface area contributed by atoms with E-state index in [1.165, 1.54) is 0 Å². The number of carbonyl (C=O) groups is 1. The van der Waals surface area contributed by atoms with Gasteiger partial charge >= 0.3 is 0 Å². The van der Waals surface area contributed by atoms with Gasteiger partial charge in [0.1, 0.15) is 0 Å². The molecule has 0 heterocycles. The molecule has 24 heavy (non-hydrogen) atoms. The molecule has 4 nitrogen and oxygen atoms in total. The number of hydrogen-bond donors (Lipinski definition) is 1. The van der Waals surface area contributed by atoms with Crippen LogP contribution in [0.4, 0.5) is 11.4 Å². The minimum Gasteiger partial charge on any atom is -0.399 e. The lowest BCUT2D eigenvalue weighted by atomic mass is 9.97. The molecule has 1 aromatic rings. The Morgan fingerprint density at radius 3 is 2.17 bits per heavy atom. The van der Waals surface area contributed by atoms with E-state index < -0.39 is 0 Å². The summed E-state index contributed by atoms with van der Waals surface area (Å²) in [5, 5.41) is 0. The van der Waals surface area contributed by atoms with E-state index in [1.54, 1.807) is 0 Å². The summed E-state index contributed by atoms with van der Waals surface area (Å²) in [4.78, 5) is 17.2. The molecule has 0 saturated carbocycles. The Balaban J connectivity index is 3.23. The van der Waals surface area contributed by atoms with Crippen molar-refractivity contribution in [3.63, 3.8) is 0 Å². The van der Waals surface area contributed by atoms with E-state index in [9.17, 15) is 4.79 Å². The lowest BCUT2D eigenvalue weighted by Gasteiger charge is -2.35. The number of benzene rings is 1. The lowest BCUT2D eigenvalue weighted by Crippen LogP contribution is -2.44. The highest BCUT2D eigenvalue weighted by Crippen LogP contribution is 2.27. The second-order valence-corrected chi connectivity index (χ2v) is 7.25. The van der Waals surface area contributed by atoms with E-state index in [4.69, 9.17) is 5.73 Å². The molecular weight excluding hydrogens is 298 g/mol. The smallest absolute Gasteiger partial charge is 0.226 e. The number of anilines is 2. The predicted molar refractivity (Wildman–Crippen MR) is 104 cm³/mol. The van der Waals surface area contributed by atoms with Crippen molar-refractivity contribution >= 4 is 17.3 Å². The van der Waals surface area contributed by atoms with Gasteiger partial charge in [-0.05, 0) is 49.4 Å². The van der Waals surface area contributed by atoms with Crippen molar-refractivity contribution in [2.45, 2.75) is 60.0 Å². The summed E-state index contributed by atoms with van der Waals surface area (Å²) in [6.07, 6.45) is 1.77. The van der Waals surface area contributed by atoms with Crippen molar-refractivity contribution in [2.75, 3.05) is 24.7 Å². The maximum atomic E-state index is 13.1. The van der Waals surface area contributed by atoms with Crippen molar-refractivity contribution in [1.82, 2.24) is 4.90 Å². The zero-order valence-corrected chi connectivity index (χ0v) is 16.5. The molecule has 0 aliphatic rings. The highest BCUT2D eigenvalue weighted by molar-refractivity contribution is 5.79. The van der Waals surface area contributed by atoms with Crippen molar-refractivity contribution in [3.05, 3.63) is 23.8 Å². The highest BCUT2D eigenvalue weighted by atomic mass is 16.2. The Bertz CT molecular complexity index is 536. The van der Waals surface area contributed by atoms with Crippen molar-refractivity contribution < 1.29 is 4.79 Å². The molecule has 0 aliphatic heterocycles. The minimum atomic E-state index is 0.0927. The van der Waals surface area contributed by atoms with Crippen LogP contribution in [0.1, 0.15) is 53.0 Å². The number of rotatable bonds is 8. The molecule has 0 radical (unpaired) electrons. The standard InChI is InChI=1S/C20H35N3O/c1-8-16(9-2)20(24)23(15(5)14(3)4)13-17-12-18(21)10-11-19(17)22(6)7/h10-12,14-16H,8-9,13,21H2,1-7H3/t15-/m1/s1.